The molecule has 0 N–H and O–H groups in total. The molecular weight excluding hydrogens is 637 g/mol. The molecule has 1 atom stereocenters. The Morgan fingerprint density at radius 2 is 1.94 bits per heavy atom. The van der Waals surface area contributed by atoms with Crippen LogP contribution in [-0.2, 0) is 30.3 Å². The SMILES string of the molecule is COC(=O)C1=C(C)N(c2cccc(C(F)(F)F)c2)C2=NN(CCCS(C)(=O)=O)COCN2C1c1ccc(C#N)cc1C#CCN(C)C. The summed E-state index contributed by atoms with van der Waals surface area (Å²) in [5.74, 6) is 5.45. The van der Waals surface area contributed by atoms with Gasteiger partial charge >= 0.3 is 12.1 Å². The molecule has 0 aromatic heterocycles. The first kappa shape index (κ1) is 35.3. The Labute approximate surface area is 272 Å². The van der Waals surface area contributed by atoms with Gasteiger partial charge in [-0.2, -0.15) is 18.4 Å². The summed E-state index contributed by atoms with van der Waals surface area (Å²) in [7, 11) is 1.64. The fraction of sp³-hybridized carbons (Fsp3) is 0.406. The minimum Gasteiger partial charge on any atom is -0.466 e. The van der Waals surface area contributed by atoms with Crippen LogP contribution in [0.5, 0.6) is 0 Å². The number of ether oxygens (including phenoxy) is 2. The van der Waals surface area contributed by atoms with Crippen LogP contribution in [0.15, 0.2) is 58.8 Å². The van der Waals surface area contributed by atoms with Gasteiger partial charge in [0.05, 0.1) is 48.2 Å². The molecule has 0 amide bonds. The van der Waals surface area contributed by atoms with Crippen molar-refractivity contribution in [3.05, 3.63) is 76.0 Å². The maximum atomic E-state index is 13.9. The number of hydrogen-bond donors (Lipinski definition) is 0. The van der Waals surface area contributed by atoms with Crippen molar-refractivity contribution in [3.63, 3.8) is 0 Å². The molecule has 47 heavy (non-hydrogen) atoms. The van der Waals surface area contributed by atoms with E-state index in [2.05, 4.69) is 17.9 Å². The Bertz CT molecular complexity index is 1790. The number of fused-ring (bicyclic) bond motifs is 1. The van der Waals surface area contributed by atoms with Gasteiger partial charge in [0.25, 0.3) is 0 Å². The first-order valence-corrected chi connectivity index (χ1v) is 16.5. The third-order valence-electron chi connectivity index (χ3n) is 7.33. The Morgan fingerprint density at radius 1 is 1.19 bits per heavy atom. The van der Waals surface area contributed by atoms with Crippen LogP contribution in [0.25, 0.3) is 0 Å². The highest BCUT2D eigenvalue weighted by atomic mass is 32.2. The molecule has 2 aromatic carbocycles. The first-order chi connectivity index (χ1) is 22.1. The minimum atomic E-state index is -4.65. The summed E-state index contributed by atoms with van der Waals surface area (Å²) < 4.78 is 76.4. The number of benzene rings is 2. The Kier molecular flexibility index (Phi) is 10.9. The maximum absolute atomic E-state index is 13.9. The molecule has 4 rings (SSSR count). The van der Waals surface area contributed by atoms with Crippen LogP contribution in [0.1, 0.15) is 41.6 Å². The van der Waals surface area contributed by atoms with Gasteiger partial charge in [0.2, 0.25) is 5.96 Å². The van der Waals surface area contributed by atoms with Crippen molar-refractivity contribution in [2.45, 2.75) is 25.6 Å². The number of rotatable bonds is 8. The fourth-order valence-electron chi connectivity index (χ4n) is 5.21. The molecule has 11 nitrogen and oxygen atoms in total. The third-order valence-corrected chi connectivity index (χ3v) is 8.36. The summed E-state index contributed by atoms with van der Waals surface area (Å²) in [4.78, 5) is 18.5. The van der Waals surface area contributed by atoms with Crippen LogP contribution in [0.3, 0.4) is 0 Å². The number of nitriles is 1. The van der Waals surface area contributed by atoms with E-state index in [9.17, 15) is 31.6 Å². The van der Waals surface area contributed by atoms with E-state index < -0.39 is 33.6 Å². The first-order valence-electron chi connectivity index (χ1n) is 14.4. The molecule has 1 unspecified atom stereocenters. The molecule has 2 heterocycles. The van der Waals surface area contributed by atoms with E-state index in [1.807, 2.05) is 19.0 Å². The lowest BCUT2D eigenvalue weighted by atomic mass is 9.89. The number of anilines is 1. The van der Waals surface area contributed by atoms with Gasteiger partial charge in [-0.3, -0.25) is 14.8 Å². The van der Waals surface area contributed by atoms with E-state index in [-0.39, 0.29) is 55.1 Å². The molecule has 0 saturated carbocycles. The molecule has 0 bridgehead atoms. The standard InChI is InChI=1S/C32H35F3N6O5S/c1-22-28(30(42)45-4)29(27-13-12-23(19-36)17-24(27)9-7-14-38(2)3)40-21-46-20-39(15-8-16-47(5,43)44)37-31(40)41(22)26-11-6-10-25(18-26)32(33,34)35/h6,10-13,17-18,29H,8,14-16,20-21H2,1-5H3. The van der Waals surface area contributed by atoms with Crippen LogP contribution >= 0.6 is 0 Å². The highest BCUT2D eigenvalue weighted by molar-refractivity contribution is 7.90. The number of guanidine groups is 1. The largest absolute Gasteiger partial charge is 0.466 e. The highest BCUT2D eigenvalue weighted by Crippen LogP contribution is 2.42. The number of nitrogens with zero attached hydrogens (tertiary/aromatic N) is 6. The Hall–Kier alpha value is -4.57. The van der Waals surface area contributed by atoms with E-state index in [1.54, 1.807) is 30.0 Å². The minimum absolute atomic E-state index is 0.0671. The van der Waals surface area contributed by atoms with E-state index in [0.717, 1.165) is 18.4 Å². The maximum Gasteiger partial charge on any atom is 0.416 e. The lowest BCUT2D eigenvalue weighted by Crippen LogP contribution is -2.52. The number of methoxy groups -OCH3 is 1. The molecule has 2 aromatic rings. The summed E-state index contributed by atoms with van der Waals surface area (Å²) in [6.45, 7) is 1.92. The van der Waals surface area contributed by atoms with Crippen molar-refractivity contribution in [2.75, 3.05) is 64.7 Å². The summed E-state index contributed by atoms with van der Waals surface area (Å²) >= 11 is 0. The number of sulfone groups is 1. The van der Waals surface area contributed by atoms with Crippen molar-refractivity contribution in [2.24, 2.45) is 5.10 Å². The van der Waals surface area contributed by atoms with E-state index in [1.165, 1.54) is 29.2 Å². The zero-order valence-electron chi connectivity index (χ0n) is 26.6. The number of alkyl halides is 3. The second kappa shape index (κ2) is 14.5. The summed E-state index contributed by atoms with van der Waals surface area (Å²) in [6, 6.07) is 10.6. The van der Waals surface area contributed by atoms with Gasteiger partial charge < -0.3 is 14.4 Å². The van der Waals surface area contributed by atoms with Gasteiger partial charge in [-0.25, -0.2) is 13.2 Å². The van der Waals surface area contributed by atoms with Gasteiger partial charge in [0, 0.05) is 29.7 Å². The Balaban J connectivity index is 2.00. The summed E-state index contributed by atoms with van der Waals surface area (Å²) in [6.07, 6.45) is -3.30. The predicted octanol–water partition coefficient (Wildman–Crippen LogP) is 3.75. The van der Waals surface area contributed by atoms with Crippen LogP contribution in [-0.4, -0.2) is 94.9 Å². The molecular formula is C32H35F3N6O5S. The molecule has 0 spiro atoms. The molecule has 250 valence electrons. The predicted molar refractivity (Wildman–Crippen MR) is 169 cm³/mol. The quantitative estimate of drug-likeness (QED) is 0.303. The third kappa shape index (κ3) is 8.43. The number of hydrazone groups is 1. The number of carbonyl (C=O) groups is 1. The molecule has 0 fully saturated rings. The number of halogens is 3. The number of carbonyl (C=O) groups excluding carboxylic acids is 1. The fourth-order valence-corrected chi connectivity index (χ4v) is 5.87. The second-order valence-electron chi connectivity index (χ2n) is 11.3. The monoisotopic (exact) mass is 672 g/mol. The van der Waals surface area contributed by atoms with Crippen molar-refractivity contribution in [3.8, 4) is 17.9 Å². The van der Waals surface area contributed by atoms with Crippen LogP contribution in [0, 0.1) is 23.2 Å². The molecule has 0 saturated heterocycles. The molecule has 0 radical (unpaired) electrons. The number of hydrogen-bond acceptors (Lipinski definition) is 11. The number of esters is 1. The van der Waals surface area contributed by atoms with Crippen LogP contribution in [0.4, 0.5) is 18.9 Å². The molecule has 15 heteroatoms. The lowest BCUT2D eigenvalue weighted by molar-refractivity contribution is -0.138. The zero-order valence-corrected chi connectivity index (χ0v) is 27.4. The van der Waals surface area contributed by atoms with Gasteiger partial charge in [0.1, 0.15) is 23.3 Å². The van der Waals surface area contributed by atoms with E-state index >= 15 is 0 Å². The smallest absolute Gasteiger partial charge is 0.416 e. The highest BCUT2D eigenvalue weighted by Gasteiger charge is 2.44. The van der Waals surface area contributed by atoms with Crippen molar-refractivity contribution >= 4 is 27.5 Å². The summed E-state index contributed by atoms with van der Waals surface area (Å²) in [5, 5.41) is 15.9. The average molecular weight is 673 g/mol. The van der Waals surface area contributed by atoms with Gasteiger partial charge in [-0.05, 0) is 63.3 Å². The number of allylic oxidation sites excluding steroid dienone is 1. The zero-order chi connectivity index (χ0) is 34.5. The molecule has 0 aliphatic carbocycles. The van der Waals surface area contributed by atoms with Crippen molar-refractivity contribution in [1.29, 1.82) is 5.26 Å². The second-order valence-corrected chi connectivity index (χ2v) is 13.5. The molecule has 2 aliphatic rings. The van der Waals surface area contributed by atoms with E-state index in [4.69, 9.17) is 14.6 Å². The van der Waals surface area contributed by atoms with E-state index in [0.29, 0.717) is 23.2 Å². The normalized spacial score (nSPS) is 17.0. The van der Waals surface area contributed by atoms with Crippen molar-refractivity contribution in [1.82, 2.24) is 14.8 Å². The topological polar surface area (TPSA) is 119 Å². The van der Waals surface area contributed by atoms with Crippen LogP contribution < -0.4 is 4.90 Å². The Morgan fingerprint density at radius 3 is 2.57 bits per heavy atom. The summed E-state index contributed by atoms with van der Waals surface area (Å²) in [5.41, 5.74) is 0.806. The average Bonchev–Trinajstić information content (AvgIpc) is 3.21. The molecule has 2 aliphatic heterocycles. The van der Waals surface area contributed by atoms with Gasteiger partial charge in [-0.1, -0.05) is 24.0 Å². The van der Waals surface area contributed by atoms with Gasteiger partial charge in [0.15, 0.2) is 0 Å². The van der Waals surface area contributed by atoms with Gasteiger partial charge in [-0.15, -0.1) is 5.10 Å². The van der Waals surface area contributed by atoms with Crippen molar-refractivity contribution < 1.29 is 35.9 Å². The van der Waals surface area contributed by atoms with Crippen LogP contribution in [0.2, 0.25) is 0 Å². The lowest BCUT2D eigenvalue weighted by Gasteiger charge is -2.44.